The van der Waals surface area contributed by atoms with Gasteiger partial charge in [0.25, 0.3) is 5.69 Å². The first-order valence-electron chi connectivity index (χ1n) is 6.65. The Bertz CT molecular complexity index is 437. The maximum Gasteiger partial charge on any atom is 0.272 e. The molecule has 0 spiro atoms. The quantitative estimate of drug-likeness (QED) is 0.612. The molecule has 1 aromatic rings. The lowest BCUT2D eigenvalue weighted by molar-refractivity contribution is -0.385. The third-order valence-electron chi connectivity index (χ3n) is 3.48. The molecular weight excluding hydrogens is 264 g/mol. The SMILES string of the molecule is CCNC(C)C(CC)Cc1cc(Cl)ccc1[N+](=O)[O-]. The van der Waals surface area contributed by atoms with Crippen molar-refractivity contribution in [2.24, 2.45) is 5.92 Å². The predicted octanol–water partition coefficient (Wildman–Crippen LogP) is 3.81. The standard InChI is InChI=1S/C14H21ClN2O2/c1-4-11(10(3)16-5-2)8-12-9-13(15)6-7-14(12)17(18)19/h6-7,9-11,16H,4-5,8H2,1-3H3. The zero-order valence-corrected chi connectivity index (χ0v) is 12.4. The molecule has 0 aliphatic rings. The van der Waals surface area contributed by atoms with E-state index in [2.05, 4.69) is 26.1 Å². The van der Waals surface area contributed by atoms with Crippen molar-refractivity contribution in [2.45, 2.75) is 39.7 Å². The molecule has 1 N–H and O–H groups in total. The number of benzene rings is 1. The highest BCUT2D eigenvalue weighted by atomic mass is 35.5. The van der Waals surface area contributed by atoms with E-state index in [1.54, 1.807) is 12.1 Å². The van der Waals surface area contributed by atoms with Crippen LogP contribution in [-0.2, 0) is 6.42 Å². The number of hydrogen-bond donors (Lipinski definition) is 1. The number of hydrogen-bond acceptors (Lipinski definition) is 3. The van der Waals surface area contributed by atoms with Gasteiger partial charge in [-0.05, 0) is 37.9 Å². The van der Waals surface area contributed by atoms with Crippen molar-refractivity contribution >= 4 is 17.3 Å². The summed E-state index contributed by atoms with van der Waals surface area (Å²) in [6, 6.07) is 5.09. The van der Waals surface area contributed by atoms with E-state index in [1.165, 1.54) is 6.07 Å². The molecule has 0 amide bonds. The number of nitro groups is 1. The molecule has 0 aromatic heterocycles. The van der Waals surface area contributed by atoms with Gasteiger partial charge in [0.05, 0.1) is 4.92 Å². The van der Waals surface area contributed by atoms with Crippen LogP contribution in [-0.4, -0.2) is 17.5 Å². The molecule has 0 bridgehead atoms. The molecule has 0 heterocycles. The summed E-state index contributed by atoms with van der Waals surface area (Å²) in [5.74, 6) is 0.358. The minimum absolute atomic E-state index is 0.159. The van der Waals surface area contributed by atoms with Crippen LogP contribution in [0.4, 0.5) is 5.69 Å². The first kappa shape index (κ1) is 15.9. The molecule has 0 aliphatic heterocycles. The van der Waals surface area contributed by atoms with E-state index in [-0.39, 0.29) is 10.6 Å². The fourth-order valence-corrected chi connectivity index (χ4v) is 2.54. The van der Waals surface area contributed by atoms with Crippen LogP contribution >= 0.6 is 11.6 Å². The molecule has 106 valence electrons. The van der Waals surface area contributed by atoms with Crippen LogP contribution in [0.15, 0.2) is 18.2 Å². The van der Waals surface area contributed by atoms with E-state index in [0.717, 1.165) is 13.0 Å². The van der Waals surface area contributed by atoms with Crippen molar-refractivity contribution in [1.82, 2.24) is 5.32 Å². The monoisotopic (exact) mass is 284 g/mol. The van der Waals surface area contributed by atoms with Crippen LogP contribution in [0.5, 0.6) is 0 Å². The molecule has 1 rings (SSSR count). The van der Waals surface area contributed by atoms with Crippen LogP contribution in [0.2, 0.25) is 5.02 Å². The van der Waals surface area contributed by atoms with Gasteiger partial charge in [-0.3, -0.25) is 10.1 Å². The van der Waals surface area contributed by atoms with Gasteiger partial charge in [-0.15, -0.1) is 0 Å². The van der Waals surface area contributed by atoms with Crippen LogP contribution in [0.1, 0.15) is 32.8 Å². The second-order valence-electron chi connectivity index (χ2n) is 4.75. The van der Waals surface area contributed by atoms with Crippen molar-refractivity contribution in [2.75, 3.05) is 6.54 Å². The minimum Gasteiger partial charge on any atom is -0.314 e. The highest BCUT2D eigenvalue weighted by Crippen LogP contribution is 2.27. The van der Waals surface area contributed by atoms with Crippen molar-refractivity contribution in [3.63, 3.8) is 0 Å². The van der Waals surface area contributed by atoms with Gasteiger partial charge in [0.15, 0.2) is 0 Å². The maximum absolute atomic E-state index is 11.0. The van der Waals surface area contributed by atoms with E-state index in [4.69, 9.17) is 11.6 Å². The lowest BCUT2D eigenvalue weighted by atomic mass is 9.90. The van der Waals surface area contributed by atoms with E-state index >= 15 is 0 Å². The van der Waals surface area contributed by atoms with E-state index in [1.807, 2.05) is 0 Å². The number of nitrogens with zero attached hydrogens (tertiary/aromatic N) is 1. The largest absolute Gasteiger partial charge is 0.314 e. The normalized spacial score (nSPS) is 14.1. The van der Waals surface area contributed by atoms with Gasteiger partial charge in [-0.1, -0.05) is 31.9 Å². The Morgan fingerprint density at radius 3 is 2.63 bits per heavy atom. The van der Waals surface area contributed by atoms with Gasteiger partial charge in [-0.25, -0.2) is 0 Å². The second-order valence-corrected chi connectivity index (χ2v) is 5.19. The summed E-state index contributed by atoms with van der Waals surface area (Å²) < 4.78 is 0. The Morgan fingerprint density at radius 1 is 1.42 bits per heavy atom. The molecule has 4 nitrogen and oxygen atoms in total. The summed E-state index contributed by atoms with van der Waals surface area (Å²) in [7, 11) is 0. The minimum atomic E-state index is -0.337. The molecule has 19 heavy (non-hydrogen) atoms. The van der Waals surface area contributed by atoms with Crippen LogP contribution in [0.3, 0.4) is 0 Å². The first-order valence-corrected chi connectivity index (χ1v) is 7.03. The summed E-state index contributed by atoms with van der Waals surface area (Å²) >= 11 is 5.95. The highest BCUT2D eigenvalue weighted by molar-refractivity contribution is 6.30. The molecule has 0 aliphatic carbocycles. The zero-order valence-electron chi connectivity index (χ0n) is 11.6. The first-order chi connectivity index (χ1) is 8.99. The fraction of sp³-hybridized carbons (Fsp3) is 0.571. The third kappa shape index (κ3) is 4.48. The van der Waals surface area contributed by atoms with Gasteiger partial charge in [0.2, 0.25) is 0 Å². The Kier molecular flexibility index (Phi) is 6.25. The lowest BCUT2D eigenvalue weighted by Crippen LogP contribution is -2.34. The smallest absolute Gasteiger partial charge is 0.272 e. The molecule has 2 atom stereocenters. The third-order valence-corrected chi connectivity index (χ3v) is 3.71. The molecule has 5 heteroatoms. The summed E-state index contributed by atoms with van der Waals surface area (Å²) in [6.07, 6.45) is 1.64. The van der Waals surface area contributed by atoms with E-state index in [0.29, 0.717) is 29.0 Å². The van der Waals surface area contributed by atoms with Gasteiger partial charge in [0, 0.05) is 22.7 Å². The van der Waals surface area contributed by atoms with Crippen molar-refractivity contribution in [3.05, 3.63) is 38.9 Å². The molecule has 0 saturated carbocycles. The number of rotatable bonds is 7. The average Bonchev–Trinajstić information content (AvgIpc) is 2.35. The highest BCUT2D eigenvalue weighted by Gasteiger charge is 2.21. The van der Waals surface area contributed by atoms with Gasteiger partial charge in [0.1, 0.15) is 0 Å². The Hall–Kier alpha value is -1.13. The molecule has 1 aromatic carbocycles. The topological polar surface area (TPSA) is 55.2 Å². The van der Waals surface area contributed by atoms with Crippen molar-refractivity contribution in [3.8, 4) is 0 Å². The summed E-state index contributed by atoms with van der Waals surface area (Å²) in [5, 5.41) is 15.0. The fourth-order valence-electron chi connectivity index (χ4n) is 2.34. The Balaban J connectivity index is 2.95. The number of nitrogens with one attached hydrogen (secondary N) is 1. The Morgan fingerprint density at radius 2 is 2.11 bits per heavy atom. The summed E-state index contributed by atoms with van der Waals surface area (Å²) in [4.78, 5) is 10.7. The van der Waals surface area contributed by atoms with Crippen LogP contribution < -0.4 is 5.32 Å². The molecular formula is C14H21ClN2O2. The average molecular weight is 285 g/mol. The predicted molar refractivity (Wildman–Crippen MR) is 78.7 cm³/mol. The Labute approximate surface area is 119 Å². The van der Waals surface area contributed by atoms with E-state index < -0.39 is 0 Å². The summed E-state index contributed by atoms with van der Waals surface area (Å²) in [6.45, 7) is 7.18. The van der Waals surface area contributed by atoms with Gasteiger partial charge in [-0.2, -0.15) is 0 Å². The summed E-state index contributed by atoms with van der Waals surface area (Å²) in [5.41, 5.74) is 0.876. The maximum atomic E-state index is 11.0. The van der Waals surface area contributed by atoms with Crippen molar-refractivity contribution < 1.29 is 4.92 Å². The molecule has 0 fully saturated rings. The van der Waals surface area contributed by atoms with Crippen LogP contribution in [0, 0.1) is 16.0 Å². The molecule has 2 unspecified atom stereocenters. The molecule has 0 radical (unpaired) electrons. The second kappa shape index (κ2) is 7.46. The van der Waals surface area contributed by atoms with Gasteiger partial charge < -0.3 is 5.32 Å². The van der Waals surface area contributed by atoms with E-state index in [9.17, 15) is 10.1 Å². The lowest BCUT2D eigenvalue weighted by Gasteiger charge is -2.23. The van der Waals surface area contributed by atoms with Gasteiger partial charge >= 0.3 is 0 Å². The van der Waals surface area contributed by atoms with Crippen LogP contribution in [0.25, 0.3) is 0 Å². The molecule has 0 saturated heterocycles. The number of halogens is 1. The van der Waals surface area contributed by atoms with Crippen molar-refractivity contribution in [1.29, 1.82) is 0 Å². The number of nitro benzene ring substituents is 1. The zero-order chi connectivity index (χ0) is 14.4.